The molecule has 0 bridgehead atoms. The average Bonchev–Trinajstić information content (AvgIpc) is 3.28. The van der Waals surface area contributed by atoms with Gasteiger partial charge < -0.3 is 5.32 Å². The van der Waals surface area contributed by atoms with Crippen LogP contribution in [0.1, 0.15) is 54.7 Å². The molecule has 1 fully saturated rings. The lowest BCUT2D eigenvalue weighted by molar-refractivity contribution is -0.126. The van der Waals surface area contributed by atoms with Gasteiger partial charge in [-0.25, -0.2) is 8.42 Å². The summed E-state index contributed by atoms with van der Waals surface area (Å²) in [7, 11) is -3.50. The van der Waals surface area contributed by atoms with Gasteiger partial charge in [-0.3, -0.25) is 4.79 Å². The van der Waals surface area contributed by atoms with Gasteiger partial charge in [0.1, 0.15) is 0 Å². The topological polar surface area (TPSA) is 66.5 Å². The highest BCUT2D eigenvalue weighted by molar-refractivity contribution is 7.89. The third-order valence-electron chi connectivity index (χ3n) is 6.11. The Balaban J connectivity index is 1.38. The monoisotopic (exact) mass is 432 g/mol. The van der Waals surface area contributed by atoms with Gasteiger partial charge in [-0.1, -0.05) is 12.1 Å². The summed E-state index contributed by atoms with van der Waals surface area (Å²) in [5.74, 6) is -0.107. The van der Waals surface area contributed by atoms with E-state index in [2.05, 4.69) is 5.32 Å². The Morgan fingerprint density at radius 2 is 1.86 bits per heavy atom. The maximum atomic E-state index is 13.1. The van der Waals surface area contributed by atoms with Crippen LogP contribution in [0.3, 0.4) is 0 Å². The van der Waals surface area contributed by atoms with Crippen molar-refractivity contribution in [3.05, 3.63) is 51.7 Å². The second-order valence-electron chi connectivity index (χ2n) is 8.06. The number of aryl methyl sites for hydroxylation is 2. The van der Waals surface area contributed by atoms with Gasteiger partial charge in [0.2, 0.25) is 15.9 Å². The van der Waals surface area contributed by atoms with Crippen molar-refractivity contribution < 1.29 is 13.2 Å². The lowest BCUT2D eigenvalue weighted by atomic mass is 9.92. The minimum Gasteiger partial charge on any atom is -0.349 e. The van der Waals surface area contributed by atoms with Gasteiger partial charge >= 0.3 is 0 Å². The van der Waals surface area contributed by atoms with Gasteiger partial charge in [0.25, 0.3) is 0 Å². The fourth-order valence-electron chi connectivity index (χ4n) is 4.32. The number of benzene rings is 1. The maximum Gasteiger partial charge on any atom is 0.243 e. The van der Waals surface area contributed by atoms with Crippen LogP contribution in [0, 0.1) is 5.92 Å². The first-order valence-corrected chi connectivity index (χ1v) is 12.7. The number of carbonyl (C=O) groups is 1. The van der Waals surface area contributed by atoms with Gasteiger partial charge in [0, 0.05) is 23.9 Å². The molecular formula is C22H28N2O3S2. The molecule has 1 atom stereocenters. The smallest absolute Gasteiger partial charge is 0.243 e. The molecule has 7 heteroatoms. The van der Waals surface area contributed by atoms with Crippen molar-refractivity contribution in [2.24, 2.45) is 5.92 Å². The van der Waals surface area contributed by atoms with Gasteiger partial charge in [-0.2, -0.15) is 4.31 Å². The number of amides is 1. The molecule has 2 heterocycles. The number of rotatable bonds is 5. The SMILES string of the molecule is C[C@H](NC(=O)C1CCN(S(=O)(=O)c2ccc3c(c2)CCCC3)CC1)c1cccs1. The van der Waals surface area contributed by atoms with Gasteiger partial charge in [0.15, 0.2) is 0 Å². The third-order valence-corrected chi connectivity index (χ3v) is 9.06. The summed E-state index contributed by atoms with van der Waals surface area (Å²) >= 11 is 1.63. The second kappa shape index (κ2) is 8.58. The largest absolute Gasteiger partial charge is 0.349 e. The number of nitrogens with one attached hydrogen (secondary N) is 1. The summed E-state index contributed by atoms with van der Waals surface area (Å²) in [6.45, 7) is 2.77. The van der Waals surface area contributed by atoms with Crippen LogP contribution in [0.2, 0.25) is 0 Å². The fraction of sp³-hybridized carbons (Fsp3) is 0.500. The quantitative estimate of drug-likeness (QED) is 0.779. The predicted molar refractivity (Wildman–Crippen MR) is 115 cm³/mol. The van der Waals surface area contributed by atoms with Gasteiger partial charge in [-0.05, 0) is 80.2 Å². The van der Waals surface area contributed by atoms with Gasteiger partial charge in [-0.15, -0.1) is 11.3 Å². The van der Waals surface area contributed by atoms with E-state index in [-0.39, 0.29) is 17.9 Å². The van der Waals surface area contributed by atoms with E-state index < -0.39 is 10.0 Å². The van der Waals surface area contributed by atoms with E-state index in [1.54, 1.807) is 21.7 Å². The molecule has 1 amide bonds. The van der Waals surface area contributed by atoms with E-state index in [4.69, 9.17) is 0 Å². The maximum absolute atomic E-state index is 13.1. The first kappa shape index (κ1) is 20.6. The standard InChI is InChI=1S/C22H28N2O3S2/c1-16(21-7-4-14-28-21)23-22(25)18-10-12-24(13-11-18)29(26,27)20-9-8-17-5-2-3-6-19(17)15-20/h4,7-9,14-16,18H,2-3,5-6,10-13H2,1H3,(H,23,25)/t16-/m0/s1. The molecule has 1 aliphatic heterocycles. The Hall–Kier alpha value is -1.70. The number of sulfonamides is 1. The molecule has 156 valence electrons. The lowest BCUT2D eigenvalue weighted by Gasteiger charge is -2.31. The highest BCUT2D eigenvalue weighted by Crippen LogP contribution is 2.28. The van der Waals surface area contributed by atoms with Crippen LogP contribution in [0.15, 0.2) is 40.6 Å². The molecule has 1 N–H and O–H groups in total. The van der Waals surface area contributed by atoms with Crippen molar-refractivity contribution in [2.75, 3.05) is 13.1 Å². The third kappa shape index (κ3) is 4.42. The normalized spacial score (nSPS) is 19.5. The van der Waals surface area contributed by atoms with Crippen molar-refractivity contribution in [2.45, 2.75) is 56.4 Å². The number of piperidine rings is 1. The van der Waals surface area contributed by atoms with Crippen LogP contribution >= 0.6 is 11.3 Å². The molecule has 2 aliphatic rings. The zero-order valence-electron chi connectivity index (χ0n) is 16.8. The summed E-state index contributed by atoms with van der Waals surface area (Å²) in [5, 5.41) is 5.08. The van der Waals surface area contributed by atoms with Crippen LogP contribution in [0.4, 0.5) is 0 Å². The van der Waals surface area contributed by atoms with E-state index in [0.717, 1.165) is 24.1 Å². The number of fused-ring (bicyclic) bond motifs is 1. The Kier molecular flexibility index (Phi) is 6.08. The summed E-state index contributed by atoms with van der Waals surface area (Å²) in [6.07, 6.45) is 5.43. The lowest BCUT2D eigenvalue weighted by Crippen LogP contribution is -2.43. The van der Waals surface area contributed by atoms with E-state index in [1.165, 1.54) is 17.5 Å². The Bertz CT molecular complexity index is 962. The second-order valence-corrected chi connectivity index (χ2v) is 11.0. The van der Waals surface area contributed by atoms with E-state index >= 15 is 0 Å². The van der Waals surface area contributed by atoms with Crippen molar-refractivity contribution in [3.63, 3.8) is 0 Å². The van der Waals surface area contributed by atoms with Gasteiger partial charge in [0.05, 0.1) is 10.9 Å². The molecule has 1 aromatic carbocycles. The summed E-state index contributed by atoms with van der Waals surface area (Å²) < 4.78 is 27.8. The molecule has 1 aromatic heterocycles. The van der Waals surface area contributed by atoms with Crippen molar-refractivity contribution >= 4 is 27.3 Å². The number of hydrogen-bond donors (Lipinski definition) is 1. The Labute approximate surface area is 177 Å². The van der Waals surface area contributed by atoms with Crippen LogP contribution < -0.4 is 5.32 Å². The molecule has 0 saturated carbocycles. The average molecular weight is 433 g/mol. The number of nitrogens with zero attached hydrogens (tertiary/aromatic N) is 1. The Morgan fingerprint density at radius 1 is 1.14 bits per heavy atom. The van der Waals surface area contributed by atoms with Crippen molar-refractivity contribution in [1.29, 1.82) is 0 Å². The molecule has 5 nitrogen and oxygen atoms in total. The molecule has 4 rings (SSSR count). The minimum absolute atomic E-state index is 0.0141. The number of carbonyl (C=O) groups excluding carboxylic acids is 1. The van der Waals surface area contributed by atoms with Crippen molar-refractivity contribution in [3.8, 4) is 0 Å². The molecule has 0 unspecified atom stereocenters. The van der Waals surface area contributed by atoms with Crippen LogP contribution in [-0.4, -0.2) is 31.7 Å². The Morgan fingerprint density at radius 3 is 2.55 bits per heavy atom. The molecule has 1 saturated heterocycles. The van der Waals surface area contributed by atoms with Crippen molar-refractivity contribution in [1.82, 2.24) is 9.62 Å². The van der Waals surface area contributed by atoms with E-state index in [1.807, 2.05) is 36.6 Å². The fourth-order valence-corrected chi connectivity index (χ4v) is 6.57. The summed E-state index contributed by atoms with van der Waals surface area (Å²) in [6, 6.07) is 9.58. The number of hydrogen-bond acceptors (Lipinski definition) is 4. The first-order valence-electron chi connectivity index (χ1n) is 10.4. The minimum atomic E-state index is -3.50. The first-order chi connectivity index (χ1) is 13.9. The van der Waals surface area contributed by atoms with Crippen LogP contribution in [-0.2, 0) is 27.7 Å². The highest BCUT2D eigenvalue weighted by atomic mass is 32.2. The molecule has 0 radical (unpaired) electrons. The zero-order chi connectivity index (χ0) is 20.4. The molecule has 0 spiro atoms. The van der Waals surface area contributed by atoms with E-state index in [0.29, 0.717) is 30.8 Å². The molecule has 2 aromatic rings. The summed E-state index contributed by atoms with van der Waals surface area (Å²) in [5.41, 5.74) is 2.46. The highest BCUT2D eigenvalue weighted by Gasteiger charge is 2.33. The van der Waals surface area contributed by atoms with E-state index in [9.17, 15) is 13.2 Å². The molecular weight excluding hydrogens is 404 g/mol. The van der Waals surface area contributed by atoms with Crippen LogP contribution in [0.25, 0.3) is 0 Å². The number of thiophene rings is 1. The van der Waals surface area contributed by atoms with Crippen LogP contribution in [0.5, 0.6) is 0 Å². The summed E-state index contributed by atoms with van der Waals surface area (Å²) in [4.78, 5) is 14.1. The molecule has 29 heavy (non-hydrogen) atoms. The molecule has 1 aliphatic carbocycles. The predicted octanol–water partition coefficient (Wildman–Crippen LogP) is 3.91. The zero-order valence-corrected chi connectivity index (χ0v) is 18.4.